The van der Waals surface area contributed by atoms with E-state index in [-0.39, 0.29) is 0 Å². The second-order valence-electron chi connectivity index (χ2n) is 14.3. The number of benzene rings is 9. The van der Waals surface area contributed by atoms with Gasteiger partial charge in [-0.15, -0.1) is 0 Å². The van der Waals surface area contributed by atoms with Crippen molar-refractivity contribution >= 4 is 76.2 Å². The first-order chi connectivity index (χ1) is 27.7. The van der Waals surface area contributed by atoms with Gasteiger partial charge in [-0.05, 0) is 79.8 Å². The number of hydrogen-bond acceptors (Lipinski definition) is 5. The van der Waals surface area contributed by atoms with Gasteiger partial charge in [0.05, 0.1) is 0 Å². The predicted octanol–water partition coefficient (Wildman–Crippen LogP) is 13.8. The molecule has 12 rings (SSSR count). The van der Waals surface area contributed by atoms with Gasteiger partial charge in [0.25, 0.3) is 0 Å². The first-order valence-corrected chi connectivity index (χ1v) is 18.8. The summed E-state index contributed by atoms with van der Waals surface area (Å²) in [5.41, 5.74) is 7.96. The van der Waals surface area contributed by atoms with E-state index >= 15 is 0 Å². The molecule has 0 fully saturated rings. The summed E-state index contributed by atoms with van der Waals surface area (Å²) in [4.78, 5) is 16.2. The molecular weight excluding hydrogens is 687 g/mol. The highest BCUT2D eigenvalue weighted by atomic mass is 16.3. The van der Waals surface area contributed by atoms with Crippen molar-refractivity contribution < 1.29 is 8.83 Å². The molecule has 0 unspecified atom stereocenters. The SMILES string of the molecule is c1ccc(-c2cc(-c3nc(-c4cc5c6ccccc6ccc5c5ccccc45)nc(-c4cccc5oc6ccccc6c45)n3)c3c(c2)oc2ccccc23)cc1. The lowest BCUT2D eigenvalue weighted by Crippen LogP contribution is -2.01. The zero-order valence-corrected chi connectivity index (χ0v) is 29.9. The third-order valence-electron chi connectivity index (χ3n) is 11.1. The van der Waals surface area contributed by atoms with Gasteiger partial charge >= 0.3 is 0 Å². The van der Waals surface area contributed by atoms with Crippen molar-refractivity contribution in [2.24, 2.45) is 0 Å². The molecule has 9 aromatic carbocycles. The van der Waals surface area contributed by atoms with Crippen LogP contribution in [0.25, 0.3) is 121 Å². The van der Waals surface area contributed by atoms with Gasteiger partial charge in [0.2, 0.25) is 0 Å². The van der Waals surface area contributed by atoms with Crippen LogP contribution in [0, 0.1) is 0 Å². The smallest absolute Gasteiger partial charge is 0.164 e. The number of hydrogen-bond donors (Lipinski definition) is 0. The van der Waals surface area contributed by atoms with E-state index in [0.29, 0.717) is 17.5 Å². The Morgan fingerprint density at radius 3 is 1.61 bits per heavy atom. The van der Waals surface area contributed by atoms with E-state index < -0.39 is 0 Å². The molecule has 5 heteroatoms. The highest BCUT2D eigenvalue weighted by Gasteiger charge is 2.23. The van der Waals surface area contributed by atoms with E-state index in [2.05, 4.69) is 121 Å². The molecule has 260 valence electrons. The second kappa shape index (κ2) is 11.9. The number of nitrogens with zero attached hydrogens (tertiary/aromatic N) is 3. The summed E-state index contributed by atoms with van der Waals surface area (Å²) in [6.45, 7) is 0. The number of para-hydroxylation sites is 2. The molecule has 0 aliphatic carbocycles. The van der Waals surface area contributed by atoms with Crippen molar-refractivity contribution in [2.75, 3.05) is 0 Å². The van der Waals surface area contributed by atoms with Crippen LogP contribution in [0.3, 0.4) is 0 Å². The predicted molar refractivity (Wildman–Crippen MR) is 229 cm³/mol. The molecule has 0 radical (unpaired) electrons. The molecule has 0 spiro atoms. The van der Waals surface area contributed by atoms with E-state index in [1.807, 2.05) is 54.6 Å². The van der Waals surface area contributed by atoms with E-state index in [4.69, 9.17) is 23.8 Å². The molecule has 0 bridgehead atoms. The molecular formula is C51H29N3O2. The Hall–Kier alpha value is -7.63. The monoisotopic (exact) mass is 715 g/mol. The van der Waals surface area contributed by atoms with Crippen LogP contribution in [-0.4, -0.2) is 15.0 Å². The third kappa shape index (κ3) is 4.64. The largest absolute Gasteiger partial charge is 0.456 e. The molecule has 0 aliphatic rings. The molecule has 0 saturated heterocycles. The number of aromatic nitrogens is 3. The van der Waals surface area contributed by atoms with E-state index in [1.54, 1.807) is 0 Å². The fourth-order valence-corrected chi connectivity index (χ4v) is 8.57. The lowest BCUT2D eigenvalue weighted by atomic mass is 9.93. The maximum Gasteiger partial charge on any atom is 0.164 e. The van der Waals surface area contributed by atoms with Gasteiger partial charge in [0.1, 0.15) is 22.3 Å². The topological polar surface area (TPSA) is 65.0 Å². The number of rotatable bonds is 4. The maximum absolute atomic E-state index is 6.57. The Morgan fingerprint density at radius 1 is 0.286 bits per heavy atom. The fourth-order valence-electron chi connectivity index (χ4n) is 8.57. The van der Waals surface area contributed by atoms with Gasteiger partial charge in [-0.25, -0.2) is 15.0 Å². The average molecular weight is 716 g/mol. The Kier molecular flexibility index (Phi) is 6.56. The fraction of sp³-hybridized carbons (Fsp3) is 0. The molecule has 12 aromatic rings. The summed E-state index contributed by atoms with van der Waals surface area (Å²) in [5, 5.41) is 10.9. The van der Waals surface area contributed by atoms with Gasteiger partial charge in [-0.2, -0.15) is 0 Å². The molecule has 3 aromatic heterocycles. The van der Waals surface area contributed by atoms with Crippen LogP contribution >= 0.6 is 0 Å². The van der Waals surface area contributed by atoms with Gasteiger partial charge in [0, 0.05) is 38.2 Å². The van der Waals surface area contributed by atoms with Crippen LogP contribution in [-0.2, 0) is 0 Å². The zero-order chi connectivity index (χ0) is 36.7. The van der Waals surface area contributed by atoms with Crippen LogP contribution in [0.5, 0.6) is 0 Å². The Balaban J connectivity index is 1.23. The van der Waals surface area contributed by atoms with Crippen LogP contribution in [0.1, 0.15) is 0 Å². The normalized spacial score (nSPS) is 11.9. The van der Waals surface area contributed by atoms with Crippen molar-refractivity contribution in [2.45, 2.75) is 0 Å². The Labute approximate surface area is 320 Å². The Morgan fingerprint density at radius 2 is 0.839 bits per heavy atom. The van der Waals surface area contributed by atoms with Crippen molar-refractivity contribution in [3.63, 3.8) is 0 Å². The van der Waals surface area contributed by atoms with E-state index in [9.17, 15) is 0 Å². The molecule has 5 nitrogen and oxygen atoms in total. The summed E-state index contributed by atoms with van der Waals surface area (Å²) in [5.74, 6) is 1.72. The van der Waals surface area contributed by atoms with Crippen molar-refractivity contribution in [3.05, 3.63) is 176 Å². The minimum absolute atomic E-state index is 0.561. The van der Waals surface area contributed by atoms with Crippen LogP contribution in [0.2, 0.25) is 0 Å². The van der Waals surface area contributed by atoms with Gasteiger partial charge in [0.15, 0.2) is 17.5 Å². The minimum atomic E-state index is 0.561. The first-order valence-electron chi connectivity index (χ1n) is 18.8. The van der Waals surface area contributed by atoms with E-state index in [1.165, 1.54) is 16.2 Å². The molecule has 0 N–H and O–H groups in total. The van der Waals surface area contributed by atoms with Crippen LogP contribution in [0.15, 0.2) is 185 Å². The lowest BCUT2D eigenvalue weighted by Gasteiger charge is -2.14. The van der Waals surface area contributed by atoms with Gasteiger partial charge in [-0.1, -0.05) is 140 Å². The molecule has 0 atom stereocenters. The lowest BCUT2D eigenvalue weighted by molar-refractivity contribution is 0.668. The summed E-state index contributed by atoms with van der Waals surface area (Å²) < 4.78 is 12.9. The third-order valence-corrected chi connectivity index (χ3v) is 11.1. The molecule has 56 heavy (non-hydrogen) atoms. The summed E-state index contributed by atoms with van der Waals surface area (Å²) in [6, 6.07) is 60.9. The Bertz CT molecular complexity index is 3550. The minimum Gasteiger partial charge on any atom is -0.456 e. The second-order valence-corrected chi connectivity index (χ2v) is 14.3. The van der Waals surface area contributed by atoms with Gasteiger partial charge in [-0.3, -0.25) is 0 Å². The summed E-state index contributed by atoms with van der Waals surface area (Å²) in [6.07, 6.45) is 0. The summed E-state index contributed by atoms with van der Waals surface area (Å²) in [7, 11) is 0. The van der Waals surface area contributed by atoms with Gasteiger partial charge < -0.3 is 8.83 Å². The molecule has 0 amide bonds. The van der Waals surface area contributed by atoms with Crippen LogP contribution < -0.4 is 0 Å². The van der Waals surface area contributed by atoms with Crippen LogP contribution in [0.4, 0.5) is 0 Å². The highest BCUT2D eigenvalue weighted by molar-refractivity contribution is 6.21. The average Bonchev–Trinajstić information content (AvgIpc) is 3.84. The number of furan rings is 2. The van der Waals surface area contributed by atoms with Crippen molar-refractivity contribution in [3.8, 4) is 45.3 Å². The molecule has 0 aliphatic heterocycles. The summed E-state index contributed by atoms with van der Waals surface area (Å²) >= 11 is 0. The molecule has 3 heterocycles. The highest BCUT2D eigenvalue weighted by Crippen LogP contribution is 2.43. The van der Waals surface area contributed by atoms with Crippen molar-refractivity contribution in [1.82, 2.24) is 15.0 Å². The van der Waals surface area contributed by atoms with Crippen molar-refractivity contribution in [1.29, 1.82) is 0 Å². The van der Waals surface area contributed by atoms with E-state index in [0.717, 1.165) is 87.9 Å². The standard InChI is InChI=1S/C51H29N3O2/c1-2-13-30(14-3-1)32-27-42(48-38-20-9-11-23-44(38)56-46(48)28-32)51-53-49(39-21-12-24-45-47(39)37-19-8-10-22-43(37)55-45)52-50(54-51)41-29-40-33-16-5-4-15-31(33)25-26-36(40)34-17-6-7-18-35(34)41/h1-29H. The number of fused-ring (bicyclic) bond motifs is 11. The quantitative estimate of drug-likeness (QED) is 0.170. The maximum atomic E-state index is 6.57. The molecule has 0 saturated carbocycles. The first kappa shape index (κ1) is 30.8. The zero-order valence-electron chi connectivity index (χ0n) is 29.9.